The van der Waals surface area contributed by atoms with E-state index in [1.807, 2.05) is 7.05 Å². The van der Waals surface area contributed by atoms with E-state index in [0.29, 0.717) is 17.9 Å². The molecule has 1 aliphatic heterocycles. The summed E-state index contributed by atoms with van der Waals surface area (Å²) < 4.78 is 12.2. The predicted octanol–water partition coefficient (Wildman–Crippen LogP) is 4.06. The van der Waals surface area contributed by atoms with Gasteiger partial charge >= 0.3 is 0 Å². The minimum Gasteiger partial charge on any atom is -0.459 e. The van der Waals surface area contributed by atoms with Gasteiger partial charge in [-0.15, -0.1) is 0 Å². The van der Waals surface area contributed by atoms with E-state index in [1.54, 1.807) is 0 Å². The molecule has 0 radical (unpaired) electrons. The van der Waals surface area contributed by atoms with Gasteiger partial charge in [0.2, 0.25) is 0 Å². The monoisotopic (exact) mass is 287 g/mol. The number of aryl methyl sites for hydroxylation is 1. The first-order valence-corrected chi connectivity index (χ1v) is 7.84. The van der Waals surface area contributed by atoms with Crippen molar-refractivity contribution in [3.05, 3.63) is 35.6 Å². The van der Waals surface area contributed by atoms with Crippen LogP contribution in [-0.4, -0.2) is 19.3 Å². The molecule has 2 heterocycles. The Hall–Kier alpha value is -1.32. The van der Waals surface area contributed by atoms with Crippen LogP contribution in [0.5, 0.6) is 0 Å². The van der Waals surface area contributed by atoms with Crippen LogP contribution in [-0.2, 0) is 4.74 Å². The molecular weight excluding hydrogens is 262 g/mol. The summed E-state index contributed by atoms with van der Waals surface area (Å²) in [5.41, 5.74) is 2.19. The third-order valence-corrected chi connectivity index (χ3v) is 5.08. The van der Waals surface area contributed by atoms with Gasteiger partial charge in [-0.3, -0.25) is 0 Å². The quantitative estimate of drug-likeness (QED) is 0.924. The predicted molar refractivity (Wildman–Crippen MR) is 85.4 cm³/mol. The molecule has 1 fully saturated rings. The summed E-state index contributed by atoms with van der Waals surface area (Å²) in [7, 11) is 2.01. The summed E-state index contributed by atoms with van der Waals surface area (Å²) >= 11 is 0. The van der Waals surface area contributed by atoms with Gasteiger partial charge in [-0.05, 0) is 45.4 Å². The molecule has 1 aromatic carbocycles. The van der Waals surface area contributed by atoms with Crippen molar-refractivity contribution in [2.24, 2.45) is 11.8 Å². The molecule has 0 amide bonds. The molecule has 114 valence electrons. The summed E-state index contributed by atoms with van der Waals surface area (Å²) in [6.07, 6.45) is 0.536. The van der Waals surface area contributed by atoms with Crippen molar-refractivity contribution in [2.75, 3.05) is 7.05 Å². The van der Waals surface area contributed by atoms with Gasteiger partial charge in [-0.2, -0.15) is 0 Å². The number of furan rings is 1. The van der Waals surface area contributed by atoms with Crippen molar-refractivity contribution in [3.63, 3.8) is 0 Å². The zero-order chi connectivity index (χ0) is 15.1. The van der Waals surface area contributed by atoms with Gasteiger partial charge in [0.15, 0.2) is 0 Å². The lowest BCUT2D eigenvalue weighted by molar-refractivity contribution is 0.0469. The Kier molecular flexibility index (Phi) is 3.80. The van der Waals surface area contributed by atoms with Crippen molar-refractivity contribution in [1.82, 2.24) is 5.32 Å². The highest BCUT2D eigenvalue weighted by Gasteiger charge is 2.42. The van der Waals surface area contributed by atoms with E-state index in [9.17, 15) is 0 Å². The number of hydrogen-bond acceptors (Lipinski definition) is 3. The Balaban J connectivity index is 2.00. The molecule has 0 aliphatic carbocycles. The highest BCUT2D eigenvalue weighted by Crippen LogP contribution is 2.41. The number of nitrogens with one attached hydrogen (secondary N) is 1. The van der Waals surface area contributed by atoms with Crippen LogP contribution in [0.2, 0.25) is 0 Å². The summed E-state index contributed by atoms with van der Waals surface area (Å²) in [6.45, 7) is 8.70. The van der Waals surface area contributed by atoms with E-state index in [2.05, 4.69) is 57.3 Å². The Labute approximate surface area is 126 Å². The minimum atomic E-state index is 0.187. The van der Waals surface area contributed by atoms with Crippen LogP contribution in [0.25, 0.3) is 11.0 Å². The Bertz CT molecular complexity index is 633. The Morgan fingerprint density at radius 2 is 1.90 bits per heavy atom. The van der Waals surface area contributed by atoms with Crippen molar-refractivity contribution < 1.29 is 9.15 Å². The summed E-state index contributed by atoms with van der Waals surface area (Å²) in [6, 6.07) is 8.65. The highest BCUT2D eigenvalue weighted by atomic mass is 16.5. The van der Waals surface area contributed by atoms with Crippen LogP contribution < -0.4 is 5.32 Å². The van der Waals surface area contributed by atoms with Gasteiger partial charge in [-0.25, -0.2) is 0 Å². The fourth-order valence-electron chi connectivity index (χ4n) is 3.77. The summed E-state index contributed by atoms with van der Waals surface area (Å²) in [5, 5.41) is 4.63. The van der Waals surface area contributed by atoms with E-state index >= 15 is 0 Å². The van der Waals surface area contributed by atoms with Gasteiger partial charge in [-0.1, -0.05) is 25.1 Å². The largest absolute Gasteiger partial charge is 0.459 e. The highest BCUT2D eigenvalue weighted by molar-refractivity contribution is 5.81. The smallest absolute Gasteiger partial charge is 0.137 e. The number of rotatable bonds is 3. The lowest BCUT2D eigenvalue weighted by atomic mass is 9.82. The number of benzene rings is 1. The van der Waals surface area contributed by atoms with E-state index in [-0.39, 0.29) is 12.1 Å². The summed E-state index contributed by atoms with van der Waals surface area (Å²) in [5.74, 6) is 1.95. The molecule has 3 nitrogen and oxygen atoms in total. The second kappa shape index (κ2) is 5.47. The molecule has 0 bridgehead atoms. The van der Waals surface area contributed by atoms with Crippen molar-refractivity contribution in [2.45, 2.75) is 45.9 Å². The average Bonchev–Trinajstić information content (AvgIpc) is 2.97. The molecule has 1 saturated heterocycles. The maximum absolute atomic E-state index is 6.18. The normalized spacial score (nSPS) is 30.9. The van der Waals surface area contributed by atoms with E-state index in [1.165, 1.54) is 10.9 Å². The zero-order valence-corrected chi connectivity index (χ0v) is 13.5. The first-order chi connectivity index (χ1) is 10.0. The summed E-state index contributed by atoms with van der Waals surface area (Å²) in [4.78, 5) is 0. The van der Waals surface area contributed by atoms with Gasteiger partial charge in [0.25, 0.3) is 0 Å². The van der Waals surface area contributed by atoms with E-state index in [0.717, 1.165) is 11.3 Å². The van der Waals surface area contributed by atoms with E-state index < -0.39 is 0 Å². The molecule has 0 spiro atoms. The first-order valence-electron chi connectivity index (χ1n) is 7.84. The lowest BCUT2D eigenvalue weighted by Crippen LogP contribution is -2.32. The Morgan fingerprint density at radius 1 is 1.14 bits per heavy atom. The maximum Gasteiger partial charge on any atom is 0.137 e. The molecule has 5 unspecified atom stereocenters. The fourth-order valence-corrected chi connectivity index (χ4v) is 3.77. The molecule has 1 aromatic heterocycles. The fraction of sp³-hybridized carbons (Fsp3) is 0.556. The SMILES string of the molecule is CNC(c1cc2cccc(C)c2o1)C1C(C)OC(C)C1C. The van der Waals surface area contributed by atoms with Crippen molar-refractivity contribution in [3.8, 4) is 0 Å². The third-order valence-electron chi connectivity index (χ3n) is 5.08. The van der Waals surface area contributed by atoms with Crippen molar-refractivity contribution in [1.29, 1.82) is 0 Å². The maximum atomic E-state index is 6.18. The third kappa shape index (κ3) is 2.39. The Morgan fingerprint density at radius 3 is 2.48 bits per heavy atom. The molecule has 0 saturated carbocycles. The number of ether oxygens (including phenoxy) is 1. The number of fused-ring (bicyclic) bond motifs is 1. The topological polar surface area (TPSA) is 34.4 Å². The molecular formula is C18H25NO2. The molecule has 2 aromatic rings. The molecule has 5 atom stereocenters. The molecule has 3 heteroatoms. The minimum absolute atomic E-state index is 0.187. The molecule has 1 N–H and O–H groups in total. The van der Waals surface area contributed by atoms with Crippen LogP contribution in [0.4, 0.5) is 0 Å². The second-order valence-corrected chi connectivity index (χ2v) is 6.39. The van der Waals surface area contributed by atoms with Crippen molar-refractivity contribution >= 4 is 11.0 Å². The van der Waals surface area contributed by atoms with Crippen LogP contribution in [0, 0.1) is 18.8 Å². The van der Waals surface area contributed by atoms with Crippen LogP contribution in [0.15, 0.2) is 28.7 Å². The lowest BCUT2D eigenvalue weighted by Gasteiger charge is -2.27. The van der Waals surface area contributed by atoms with Crippen LogP contribution in [0.1, 0.15) is 38.1 Å². The van der Waals surface area contributed by atoms with Gasteiger partial charge < -0.3 is 14.5 Å². The molecule has 1 aliphatic rings. The standard InChI is InChI=1S/C18H25NO2/c1-10-7-6-8-14-9-15(21-18(10)14)17(19-5)16-11(2)12(3)20-13(16)4/h6-9,11-13,16-17,19H,1-5H3. The van der Waals surface area contributed by atoms with Gasteiger partial charge in [0, 0.05) is 11.3 Å². The average molecular weight is 287 g/mol. The van der Waals surface area contributed by atoms with Gasteiger partial charge in [0.05, 0.1) is 18.2 Å². The van der Waals surface area contributed by atoms with Crippen LogP contribution in [0.3, 0.4) is 0 Å². The number of hydrogen-bond donors (Lipinski definition) is 1. The second-order valence-electron chi connectivity index (χ2n) is 6.39. The molecule has 21 heavy (non-hydrogen) atoms. The van der Waals surface area contributed by atoms with E-state index in [4.69, 9.17) is 9.15 Å². The zero-order valence-electron chi connectivity index (χ0n) is 13.5. The molecule has 3 rings (SSSR count). The first kappa shape index (κ1) is 14.6. The van der Waals surface area contributed by atoms with Crippen LogP contribution >= 0.6 is 0 Å². The number of para-hydroxylation sites is 1. The van der Waals surface area contributed by atoms with Gasteiger partial charge in [0.1, 0.15) is 11.3 Å².